The minimum absolute atomic E-state index is 0.108. The van der Waals surface area contributed by atoms with Crippen molar-refractivity contribution >= 4 is 49.2 Å². The van der Waals surface area contributed by atoms with Crippen LogP contribution in [0.4, 0.5) is 4.39 Å². The first kappa shape index (κ1) is 17.5. The van der Waals surface area contributed by atoms with Gasteiger partial charge in [0.2, 0.25) is 0 Å². The zero-order valence-electron chi connectivity index (χ0n) is 13.4. The lowest BCUT2D eigenvalue weighted by Crippen LogP contribution is -2.20. The van der Waals surface area contributed by atoms with Gasteiger partial charge in [-0.15, -0.1) is 11.3 Å². The second-order valence-corrected chi connectivity index (χ2v) is 8.30. The normalized spacial score (nSPS) is 11.2. The molecule has 0 fully saturated rings. The lowest BCUT2D eigenvalue weighted by molar-refractivity contribution is 0.617. The molecule has 0 aliphatic carbocycles. The summed E-state index contributed by atoms with van der Waals surface area (Å²) in [5, 5.41) is 2.41. The van der Waals surface area contributed by atoms with Crippen molar-refractivity contribution in [2.45, 2.75) is 10.9 Å². The summed E-state index contributed by atoms with van der Waals surface area (Å²) in [6.45, 7) is 0. The Labute approximate surface area is 165 Å². The molecule has 26 heavy (non-hydrogen) atoms. The Hall–Kier alpha value is -1.96. The van der Waals surface area contributed by atoms with Crippen LogP contribution in [-0.4, -0.2) is 9.55 Å². The lowest BCUT2D eigenvalue weighted by Gasteiger charge is -2.12. The van der Waals surface area contributed by atoms with Crippen LogP contribution in [0.2, 0.25) is 0 Å². The molecule has 0 amide bonds. The van der Waals surface area contributed by atoms with Crippen molar-refractivity contribution in [1.82, 2.24) is 9.55 Å². The standard InChI is InChI=1S/C19H12BrFN2OS2/c20-13-5-7-14(8-6-13)23-18(24)17-16(9-10-25-17)22-19(23)26-11-12-3-1-2-4-15(12)21/h1-10H,11H2. The molecule has 2 aromatic heterocycles. The second kappa shape index (κ2) is 7.34. The number of rotatable bonds is 4. The summed E-state index contributed by atoms with van der Waals surface area (Å²) in [6.07, 6.45) is 0. The average molecular weight is 447 g/mol. The molecule has 0 saturated carbocycles. The highest BCUT2D eigenvalue weighted by Crippen LogP contribution is 2.27. The molecule has 0 bridgehead atoms. The van der Waals surface area contributed by atoms with Crippen molar-refractivity contribution in [3.8, 4) is 5.69 Å². The molecule has 2 heterocycles. The maximum absolute atomic E-state index is 13.9. The summed E-state index contributed by atoms with van der Waals surface area (Å²) in [6, 6.07) is 16.0. The van der Waals surface area contributed by atoms with Crippen LogP contribution in [0.5, 0.6) is 0 Å². The number of nitrogens with zero attached hydrogens (tertiary/aromatic N) is 2. The summed E-state index contributed by atoms with van der Waals surface area (Å²) >= 11 is 6.14. The second-order valence-electron chi connectivity index (χ2n) is 5.53. The Morgan fingerprint density at radius 3 is 2.65 bits per heavy atom. The minimum Gasteiger partial charge on any atom is -0.267 e. The fraction of sp³-hybridized carbons (Fsp3) is 0.0526. The van der Waals surface area contributed by atoms with E-state index in [0.717, 1.165) is 10.2 Å². The average Bonchev–Trinajstić information content (AvgIpc) is 3.11. The number of thiophene rings is 1. The third-order valence-electron chi connectivity index (χ3n) is 3.85. The van der Waals surface area contributed by atoms with Crippen molar-refractivity contribution in [3.05, 3.63) is 86.2 Å². The van der Waals surface area contributed by atoms with Gasteiger partial charge in [-0.3, -0.25) is 9.36 Å². The molecular formula is C19H12BrFN2OS2. The van der Waals surface area contributed by atoms with E-state index in [-0.39, 0.29) is 11.4 Å². The zero-order chi connectivity index (χ0) is 18.1. The van der Waals surface area contributed by atoms with E-state index in [0.29, 0.717) is 26.7 Å². The smallest absolute Gasteiger partial charge is 0.267 e. The maximum atomic E-state index is 13.9. The van der Waals surface area contributed by atoms with Crippen molar-refractivity contribution in [2.24, 2.45) is 0 Å². The minimum atomic E-state index is -0.255. The highest BCUT2D eigenvalue weighted by molar-refractivity contribution is 9.10. The zero-order valence-corrected chi connectivity index (χ0v) is 16.6. The first-order valence-electron chi connectivity index (χ1n) is 7.76. The molecule has 0 N–H and O–H groups in total. The highest BCUT2D eigenvalue weighted by Gasteiger charge is 2.15. The summed E-state index contributed by atoms with van der Waals surface area (Å²) in [4.78, 5) is 17.7. The van der Waals surface area contributed by atoms with E-state index in [1.165, 1.54) is 29.2 Å². The van der Waals surface area contributed by atoms with Crippen LogP contribution < -0.4 is 5.56 Å². The van der Waals surface area contributed by atoms with Gasteiger partial charge in [-0.1, -0.05) is 45.9 Å². The SMILES string of the molecule is O=c1c2sccc2nc(SCc2ccccc2F)n1-c1ccc(Br)cc1. The highest BCUT2D eigenvalue weighted by atomic mass is 79.9. The third kappa shape index (κ3) is 3.34. The summed E-state index contributed by atoms with van der Waals surface area (Å²) in [5.41, 5.74) is 1.88. The van der Waals surface area contributed by atoms with E-state index in [2.05, 4.69) is 20.9 Å². The molecule has 0 unspecified atom stereocenters. The van der Waals surface area contributed by atoms with Crippen molar-refractivity contribution in [2.75, 3.05) is 0 Å². The van der Waals surface area contributed by atoms with E-state index >= 15 is 0 Å². The van der Waals surface area contributed by atoms with Gasteiger partial charge in [-0.2, -0.15) is 0 Å². The van der Waals surface area contributed by atoms with Crippen LogP contribution in [0.25, 0.3) is 15.9 Å². The Bertz CT molecular complexity index is 1140. The van der Waals surface area contributed by atoms with Gasteiger partial charge in [0.05, 0.1) is 11.2 Å². The molecule has 3 nitrogen and oxygen atoms in total. The largest absolute Gasteiger partial charge is 0.276 e. The molecule has 0 aliphatic heterocycles. The molecule has 7 heteroatoms. The van der Waals surface area contributed by atoms with Gasteiger partial charge in [0.15, 0.2) is 5.16 Å². The molecule has 0 spiro atoms. The lowest BCUT2D eigenvalue weighted by atomic mass is 10.2. The molecular weight excluding hydrogens is 435 g/mol. The van der Waals surface area contributed by atoms with Gasteiger partial charge >= 0.3 is 0 Å². The van der Waals surface area contributed by atoms with Gasteiger partial charge in [0.25, 0.3) is 5.56 Å². The van der Waals surface area contributed by atoms with Gasteiger partial charge in [-0.05, 0) is 47.3 Å². The quantitative estimate of drug-likeness (QED) is 0.300. The maximum Gasteiger partial charge on any atom is 0.276 e. The van der Waals surface area contributed by atoms with E-state index in [9.17, 15) is 9.18 Å². The molecule has 0 atom stereocenters. The summed E-state index contributed by atoms with van der Waals surface area (Å²) < 4.78 is 17.1. The number of hydrogen-bond donors (Lipinski definition) is 0. The Balaban J connectivity index is 1.82. The van der Waals surface area contributed by atoms with Gasteiger partial charge < -0.3 is 0 Å². The van der Waals surface area contributed by atoms with E-state index in [4.69, 9.17) is 0 Å². The number of fused-ring (bicyclic) bond motifs is 1. The number of benzene rings is 2. The Morgan fingerprint density at radius 2 is 1.88 bits per heavy atom. The van der Waals surface area contributed by atoms with Crippen molar-refractivity contribution < 1.29 is 4.39 Å². The monoisotopic (exact) mass is 446 g/mol. The van der Waals surface area contributed by atoms with Crippen LogP contribution in [0.3, 0.4) is 0 Å². The molecule has 4 aromatic rings. The first-order valence-corrected chi connectivity index (χ1v) is 10.4. The predicted molar refractivity (Wildman–Crippen MR) is 109 cm³/mol. The summed E-state index contributed by atoms with van der Waals surface area (Å²) in [5.74, 6) is 0.139. The Morgan fingerprint density at radius 1 is 1.12 bits per heavy atom. The third-order valence-corrected chi connectivity index (χ3v) is 6.26. The molecule has 2 aromatic carbocycles. The van der Waals surface area contributed by atoms with E-state index < -0.39 is 0 Å². The fourth-order valence-corrected chi connectivity index (χ4v) is 4.59. The van der Waals surface area contributed by atoms with Crippen LogP contribution in [0.15, 0.2) is 74.4 Å². The predicted octanol–water partition coefficient (Wildman–Crippen LogP) is 5.64. The van der Waals surface area contributed by atoms with Gasteiger partial charge in [0.1, 0.15) is 10.5 Å². The number of hydrogen-bond acceptors (Lipinski definition) is 4. The van der Waals surface area contributed by atoms with Crippen LogP contribution in [0, 0.1) is 5.82 Å². The molecule has 4 rings (SSSR count). The van der Waals surface area contributed by atoms with Crippen LogP contribution in [0.1, 0.15) is 5.56 Å². The van der Waals surface area contributed by atoms with Crippen molar-refractivity contribution in [3.63, 3.8) is 0 Å². The van der Waals surface area contributed by atoms with Gasteiger partial charge in [-0.25, -0.2) is 9.37 Å². The van der Waals surface area contributed by atoms with Gasteiger partial charge in [0, 0.05) is 10.2 Å². The van der Waals surface area contributed by atoms with Crippen molar-refractivity contribution in [1.29, 1.82) is 0 Å². The van der Waals surface area contributed by atoms with E-state index in [1.807, 2.05) is 35.7 Å². The molecule has 0 aliphatic rings. The topological polar surface area (TPSA) is 34.9 Å². The number of thioether (sulfide) groups is 1. The molecule has 0 radical (unpaired) electrons. The van der Waals surface area contributed by atoms with Crippen LogP contribution in [-0.2, 0) is 5.75 Å². The molecule has 130 valence electrons. The first-order chi connectivity index (χ1) is 12.6. The molecule has 0 saturated heterocycles. The summed E-state index contributed by atoms with van der Waals surface area (Å²) in [7, 11) is 0. The van der Waals surface area contributed by atoms with E-state index in [1.54, 1.807) is 22.8 Å². The Kier molecular flexibility index (Phi) is 4.93. The van der Waals surface area contributed by atoms with Crippen LogP contribution >= 0.6 is 39.0 Å². The number of halogens is 2. The number of aromatic nitrogens is 2. The fourth-order valence-electron chi connectivity index (χ4n) is 2.56.